The minimum absolute atomic E-state index is 0.346. The van der Waals surface area contributed by atoms with Gasteiger partial charge < -0.3 is 10.5 Å². The SMILES string of the molecule is Cc1cn(N=Cc2cccc(OCc3ccc(Cl)cc3Cl)c2)c(N)n1. The average molecular weight is 375 g/mol. The average Bonchev–Trinajstić information content (AvgIpc) is 2.90. The van der Waals surface area contributed by atoms with Gasteiger partial charge in [0.2, 0.25) is 5.95 Å². The van der Waals surface area contributed by atoms with Gasteiger partial charge in [-0.3, -0.25) is 0 Å². The molecule has 0 aliphatic heterocycles. The number of nitrogen functional groups attached to an aromatic ring is 1. The molecule has 0 fully saturated rings. The normalized spacial score (nSPS) is 11.2. The third-order valence-electron chi connectivity index (χ3n) is 3.43. The van der Waals surface area contributed by atoms with Crippen LogP contribution in [0.2, 0.25) is 10.0 Å². The molecule has 7 heteroatoms. The molecule has 0 unspecified atom stereocenters. The van der Waals surface area contributed by atoms with Crippen molar-refractivity contribution in [1.82, 2.24) is 9.66 Å². The van der Waals surface area contributed by atoms with Gasteiger partial charge in [-0.25, -0.2) is 9.66 Å². The van der Waals surface area contributed by atoms with Gasteiger partial charge in [0.05, 0.1) is 18.1 Å². The van der Waals surface area contributed by atoms with Gasteiger partial charge >= 0.3 is 0 Å². The molecule has 0 spiro atoms. The van der Waals surface area contributed by atoms with Crippen LogP contribution in [0, 0.1) is 6.92 Å². The van der Waals surface area contributed by atoms with Crippen LogP contribution >= 0.6 is 23.2 Å². The zero-order valence-corrected chi connectivity index (χ0v) is 15.0. The van der Waals surface area contributed by atoms with Crippen molar-refractivity contribution in [3.8, 4) is 5.75 Å². The van der Waals surface area contributed by atoms with Crippen LogP contribution in [-0.4, -0.2) is 15.9 Å². The van der Waals surface area contributed by atoms with Gasteiger partial charge in [-0.15, -0.1) is 0 Å². The third-order valence-corrected chi connectivity index (χ3v) is 4.02. The molecule has 0 atom stereocenters. The van der Waals surface area contributed by atoms with Crippen molar-refractivity contribution >= 4 is 35.4 Å². The second-order valence-electron chi connectivity index (χ2n) is 5.43. The van der Waals surface area contributed by atoms with E-state index in [0.29, 0.717) is 28.3 Å². The number of aryl methyl sites for hydroxylation is 1. The van der Waals surface area contributed by atoms with Crippen LogP contribution in [0.25, 0.3) is 0 Å². The molecule has 0 amide bonds. The summed E-state index contributed by atoms with van der Waals surface area (Å²) in [5.74, 6) is 1.06. The fourth-order valence-electron chi connectivity index (χ4n) is 2.21. The Morgan fingerprint density at radius 1 is 1.24 bits per heavy atom. The van der Waals surface area contributed by atoms with Crippen LogP contribution in [0.5, 0.6) is 5.75 Å². The van der Waals surface area contributed by atoms with Crippen molar-refractivity contribution in [1.29, 1.82) is 0 Å². The second-order valence-corrected chi connectivity index (χ2v) is 6.27. The van der Waals surface area contributed by atoms with Crippen molar-refractivity contribution in [2.75, 3.05) is 5.73 Å². The Morgan fingerprint density at radius 2 is 2.08 bits per heavy atom. The lowest BCUT2D eigenvalue weighted by Gasteiger charge is -2.08. The first-order chi connectivity index (χ1) is 12.0. The van der Waals surface area contributed by atoms with E-state index < -0.39 is 0 Å². The number of hydrogen-bond acceptors (Lipinski definition) is 4. The number of aromatic nitrogens is 2. The number of benzene rings is 2. The molecule has 1 aromatic heterocycles. The minimum Gasteiger partial charge on any atom is -0.489 e. The molecule has 25 heavy (non-hydrogen) atoms. The van der Waals surface area contributed by atoms with E-state index in [9.17, 15) is 0 Å². The van der Waals surface area contributed by atoms with Crippen molar-refractivity contribution in [2.24, 2.45) is 5.10 Å². The summed E-state index contributed by atoms with van der Waals surface area (Å²) < 4.78 is 7.32. The van der Waals surface area contributed by atoms with Gasteiger partial charge in [0, 0.05) is 15.6 Å². The third kappa shape index (κ3) is 4.53. The molecule has 0 bridgehead atoms. The summed E-state index contributed by atoms with van der Waals surface area (Å²) in [4.78, 5) is 4.10. The zero-order chi connectivity index (χ0) is 17.8. The first-order valence-corrected chi connectivity index (χ1v) is 8.29. The van der Waals surface area contributed by atoms with Gasteiger partial charge in [0.1, 0.15) is 12.4 Å². The van der Waals surface area contributed by atoms with E-state index in [1.165, 1.54) is 4.68 Å². The molecule has 0 aliphatic rings. The van der Waals surface area contributed by atoms with Gasteiger partial charge in [-0.2, -0.15) is 5.10 Å². The van der Waals surface area contributed by atoms with Crippen LogP contribution in [0.1, 0.15) is 16.8 Å². The Morgan fingerprint density at radius 3 is 2.80 bits per heavy atom. The molecule has 0 radical (unpaired) electrons. The number of rotatable bonds is 5. The monoisotopic (exact) mass is 374 g/mol. The maximum Gasteiger partial charge on any atom is 0.221 e. The molecule has 0 saturated carbocycles. The van der Waals surface area contributed by atoms with Crippen LogP contribution in [0.15, 0.2) is 53.8 Å². The standard InChI is InChI=1S/C18H16Cl2N4O/c1-12-10-24(18(21)23-12)22-9-13-3-2-4-16(7-13)25-11-14-5-6-15(19)8-17(14)20/h2-10H,11H2,1H3,(H2,21,23). The Hall–Kier alpha value is -2.50. The molecule has 2 N–H and O–H groups in total. The van der Waals surface area contributed by atoms with E-state index in [2.05, 4.69) is 10.1 Å². The zero-order valence-electron chi connectivity index (χ0n) is 13.5. The topological polar surface area (TPSA) is 65.4 Å². The van der Waals surface area contributed by atoms with Crippen molar-refractivity contribution in [3.05, 3.63) is 75.5 Å². The van der Waals surface area contributed by atoms with Crippen molar-refractivity contribution < 1.29 is 4.74 Å². The summed E-state index contributed by atoms with van der Waals surface area (Å²) in [7, 11) is 0. The van der Waals surface area contributed by atoms with Gasteiger partial charge in [0.15, 0.2) is 0 Å². The number of imidazole rings is 1. The predicted octanol–water partition coefficient (Wildman–Crippen LogP) is 4.54. The maximum absolute atomic E-state index is 6.16. The molecule has 2 aromatic carbocycles. The molecule has 3 rings (SSSR count). The fraction of sp³-hybridized carbons (Fsp3) is 0.111. The molecule has 5 nitrogen and oxygen atoms in total. The maximum atomic E-state index is 6.16. The van der Waals surface area contributed by atoms with E-state index in [1.807, 2.05) is 37.3 Å². The van der Waals surface area contributed by atoms with E-state index in [4.69, 9.17) is 33.7 Å². The van der Waals surface area contributed by atoms with Crippen LogP contribution in [0.3, 0.4) is 0 Å². The van der Waals surface area contributed by atoms with Crippen molar-refractivity contribution in [3.63, 3.8) is 0 Å². The van der Waals surface area contributed by atoms with Crippen LogP contribution in [0.4, 0.5) is 5.95 Å². The van der Waals surface area contributed by atoms with Crippen LogP contribution < -0.4 is 10.5 Å². The van der Waals surface area contributed by atoms with E-state index in [-0.39, 0.29) is 0 Å². The van der Waals surface area contributed by atoms with Gasteiger partial charge in [-0.05, 0) is 36.8 Å². The number of nitrogens with zero attached hydrogens (tertiary/aromatic N) is 3. The lowest BCUT2D eigenvalue weighted by Crippen LogP contribution is -1.98. The summed E-state index contributed by atoms with van der Waals surface area (Å²) >= 11 is 12.1. The number of nitrogens with two attached hydrogens (primary N) is 1. The van der Waals surface area contributed by atoms with E-state index in [1.54, 1.807) is 24.5 Å². The number of halogens is 2. The summed E-state index contributed by atoms with van der Waals surface area (Å²) in [6, 6.07) is 12.9. The largest absolute Gasteiger partial charge is 0.489 e. The summed E-state index contributed by atoms with van der Waals surface area (Å²) in [6.07, 6.45) is 3.45. The highest BCUT2D eigenvalue weighted by atomic mass is 35.5. The Bertz CT molecular complexity index is 921. The summed E-state index contributed by atoms with van der Waals surface area (Å²) in [5.41, 5.74) is 8.32. The lowest BCUT2D eigenvalue weighted by molar-refractivity contribution is 0.306. The predicted molar refractivity (Wildman–Crippen MR) is 102 cm³/mol. The molecule has 128 valence electrons. The highest BCUT2D eigenvalue weighted by molar-refractivity contribution is 6.35. The quantitative estimate of drug-likeness (QED) is 0.666. The fourth-order valence-corrected chi connectivity index (χ4v) is 2.67. The summed E-state index contributed by atoms with van der Waals surface area (Å²) in [6.45, 7) is 2.21. The Kier molecular flexibility index (Phi) is 5.26. The number of hydrogen-bond donors (Lipinski definition) is 1. The van der Waals surface area contributed by atoms with E-state index in [0.717, 1.165) is 16.8 Å². The first-order valence-electron chi connectivity index (χ1n) is 7.54. The molecule has 3 aromatic rings. The van der Waals surface area contributed by atoms with E-state index >= 15 is 0 Å². The molecule has 1 heterocycles. The molecular weight excluding hydrogens is 359 g/mol. The highest BCUT2D eigenvalue weighted by Gasteiger charge is 2.03. The first kappa shape index (κ1) is 17.3. The molecular formula is C18H16Cl2N4O. The molecule has 0 saturated heterocycles. The minimum atomic E-state index is 0.346. The number of anilines is 1. The van der Waals surface area contributed by atoms with Crippen LogP contribution in [-0.2, 0) is 6.61 Å². The molecule has 0 aliphatic carbocycles. The van der Waals surface area contributed by atoms with Crippen molar-refractivity contribution in [2.45, 2.75) is 13.5 Å². The summed E-state index contributed by atoms with van der Waals surface area (Å²) in [5, 5.41) is 5.47. The smallest absolute Gasteiger partial charge is 0.221 e. The Labute approximate surface area is 155 Å². The number of ether oxygens (including phenoxy) is 1. The highest BCUT2D eigenvalue weighted by Crippen LogP contribution is 2.23. The lowest BCUT2D eigenvalue weighted by atomic mass is 10.2. The Balaban J connectivity index is 1.70. The second kappa shape index (κ2) is 7.59. The van der Waals surface area contributed by atoms with Gasteiger partial charge in [-0.1, -0.05) is 41.4 Å². The van der Waals surface area contributed by atoms with Gasteiger partial charge in [0.25, 0.3) is 0 Å².